The van der Waals surface area contributed by atoms with Gasteiger partial charge < -0.3 is 15.5 Å². The summed E-state index contributed by atoms with van der Waals surface area (Å²) in [7, 11) is 0. The van der Waals surface area contributed by atoms with Gasteiger partial charge in [0, 0.05) is 29.0 Å². The highest BCUT2D eigenvalue weighted by molar-refractivity contribution is 5.83. The Hall–Kier alpha value is -2.59. The maximum atomic E-state index is 5.97. The lowest BCUT2D eigenvalue weighted by atomic mass is 10.0. The van der Waals surface area contributed by atoms with E-state index in [2.05, 4.69) is 16.5 Å². The second-order valence-electron chi connectivity index (χ2n) is 4.83. The normalized spacial score (nSPS) is 12.4. The molecule has 2 heterocycles. The van der Waals surface area contributed by atoms with Crippen LogP contribution in [0.1, 0.15) is 17.2 Å². The van der Waals surface area contributed by atoms with Crippen LogP contribution in [0.4, 0.5) is 5.69 Å². The van der Waals surface area contributed by atoms with E-state index < -0.39 is 0 Å². The minimum absolute atomic E-state index is 0.167. The van der Waals surface area contributed by atoms with Gasteiger partial charge in [0.25, 0.3) is 0 Å². The SMILES string of the molecule is C=CCOC(c1ccc(N)cc1)c1c[nH]c2cnccc12. The first-order valence-corrected chi connectivity index (χ1v) is 6.78. The number of rotatable bonds is 5. The molecule has 3 rings (SSSR count). The molecule has 1 aromatic carbocycles. The average molecular weight is 279 g/mol. The lowest BCUT2D eigenvalue weighted by molar-refractivity contribution is 0.105. The van der Waals surface area contributed by atoms with Crippen molar-refractivity contribution in [2.45, 2.75) is 6.10 Å². The molecule has 0 amide bonds. The number of benzene rings is 1. The summed E-state index contributed by atoms with van der Waals surface area (Å²) in [5, 5.41) is 1.11. The van der Waals surface area contributed by atoms with Crippen LogP contribution in [0.5, 0.6) is 0 Å². The van der Waals surface area contributed by atoms with Crippen molar-refractivity contribution in [2.75, 3.05) is 12.3 Å². The number of ether oxygens (including phenoxy) is 1. The quantitative estimate of drug-likeness (QED) is 0.555. The first kappa shape index (κ1) is 13.4. The van der Waals surface area contributed by atoms with Crippen LogP contribution in [0.25, 0.3) is 10.9 Å². The summed E-state index contributed by atoms with van der Waals surface area (Å²) in [4.78, 5) is 7.36. The number of aromatic nitrogens is 2. The van der Waals surface area contributed by atoms with Gasteiger partial charge in [-0.2, -0.15) is 0 Å². The smallest absolute Gasteiger partial charge is 0.110 e. The summed E-state index contributed by atoms with van der Waals surface area (Å²) in [5.41, 5.74) is 9.64. The zero-order chi connectivity index (χ0) is 14.7. The van der Waals surface area contributed by atoms with E-state index >= 15 is 0 Å². The molecule has 3 aromatic rings. The van der Waals surface area contributed by atoms with Gasteiger partial charge in [0.15, 0.2) is 0 Å². The van der Waals surface area contributed by atoms with Gasteiger partial charge in [-0.3, -0.25) is 4.98 Å². The van der Waals surface area contributed by atoms with E-state index in [1.165, 1.54) is 0 Å². The number of nitrogen functional groups attached to an aromatic ring is 1. The fourth-order valence-electron chi connectivity index (χ4n) is 2.41. The van der Waals surface area contributed by atoms with Gasteiger partial charge in [-0.25, -0.2) is 0 Å². The minimum Gasteiger partial charge on any atom is -0.399 e. The van der Waals surface area contributed by atoms with Crippen molar-refractivity contribution in [1.29, 1.82) is 0 Å². The molecular weight excluding hydrogens is 262 g/mol. The number of hydrogen-bond donors (Lipinski definition) is 2. The molecule has 0 fully saturated rings. The van der Waals surface area contributed by atoms with Gasteiger partial charge in [0.05, 0.1) is 18.3 Å². The molecule has 4 heteroatoms. The number of aromatic amines is 1. The summed E-state index contributed by atoms with van der Waals surface area (Å²) in [6, 6.07) is 9.74. The molecular formula is C17H17N3O. The Bertz CT molecular complexity index is 746. The number of nitrogens with one attached hydrogen (secondary N) is 1. The van der Waals surface area contributed by atoms with Crippen molar-refractivity contribution < 1.29 is 4.74 Å². The zero-order valence-corrected chi connectivity index (χ0v) is 11.6. The van der Waals surface area contributed by atoms with Gasteiger partial charge in [-0.05, 0) is 23.8 Å². The Morgan fingerprint density at radius 2 is 2.10 bits per heavy atom. The van der Waals surface area contributed by atoms with Crippen molar-refractivity contribution in [3.8, 4) is 0 Å². The fraction of sp³-hybridized carbons (Fsp3) is 0.118. The first-order chi connectivity index (χ1) is 10.3. The van der Waals surface area contributed by atoms with Gasteiger partial charge in [0.1, 0.15) is 6.10 Å². The van der Waals surface area contributed by atoms with E-state index in [1.807, 2.05) is 42.7 Å². The minimum atomic E-state index is -0.167. The molecule has 0 aliphatic carbocycles. The standard InChI is InChI=1S/C17H17N3O/c1-2-9-21-17(12-3-5-13(18)6-4-12)15-10-20-16-11-19-8-7-14(15)16/h2-8,10-11,17,20H,1,9,18H2. The lowest BCUT2D eigenvalue weighted by Crippen LogP contribution is -2.06. The lowest BCUT2D eigenvalue weighted by Gasteiger charge is -2.17. The molecule has 4 nitrogen and oxygen atoms in total. The number of pyridine rings is 1. The van der Waals surface area contributed by atoms with Gasteiger partial charge >= 0.3 is 0 Å². The van der Waals surface area contributed by atoms with E-state index in [1.54, 1.807) is 12.3 Å². The monoisotopic (exact) mass is 279 g/mol. The molecule has 0 saturated carbocycles. The Morgan fingerprint density at radius 1 is 1.29 bits per heavy atom. The molecule has 3 N–H and O–H groups in total. The number of nitrogens with zero attached hydrogens (tertiary/aromatic N) is 1. The van der Waals surface area contributed by atoms with Crippen LogP contribution in [0.2, 0.25) is 0 Å². The van der Waals surface area contributed by atoms with Gasteiger partial charge in [-0.1, -0.05) is 18.2 Å². The Kier molecular flexibility index (Phi) is 3.71. The van der Waals surface area contributed by atoms with Crippen LogP contribution in [0.15, 0.2) is 61.6 Å². The molecule has 0 aliphatic heterocycles. The summed E-state index contributed by atoms with van der Waals surface area (Å²) >= 11 is 0. The van der Waals surface area contributed by atoms with Crippen molar-refractivity contribution in [2.24, 2.45) is 0 Å². The van der Waals surface area contributed by atoms with Gasteiger partial charge in [-0.15, -0.1) is 6.58 Å². The molecule has 0 radical (unpaired) electrons. The zero-order valence-electron chi connectivity index (χ0n) is 11.6. The number of H-pyrrole nitrogens is 1. The maximum Gasteiger partial charge on any atom is 0.110 e. The van der Waals surface area contributed by atoms with E-state index in [9.17, 15) is 0 Å². The second-order valence-corrected chi connectivity index (χ2v) is 4.83. The van der Waals surface area contributed by atoms with Crippen molar-refractivity contribution in [3.63, 3.8) is 0 Å². The molecule has 21 heavy (non-hydrogen) atoms. The van der Waals surface area contributed by atoms with Crippen LogP contribution in [0.3, 0.4) is 0 Å². The number of fused-ring (bicyclic) bond motifs is 1. The molecule has 106 valence electrons. The van der Waals surface area contributed by atoms with E-state index in [4.69, 9.17) is 10.5 Å². The molecule has 0 spiro atoms. The molecule has 0 aliphatic rings. The predicted octanol–water partition coefficient (Wildman–Crippen LogP) is 3.44. The van der Waals surface area contributed by atoms with Crippen LogP contribution >= 0.6 is 0 Å². The highest BCUT2D eigenvalue weighted by Crippen LogP contribution is 2.31. The number of anilines is 1. The Labute approximate surface area is 123 Å². The summed E-state index contributed by atoms with van der Waals surface area (Å²) in [6.07, 6.45) is 7.15. The summed E-state index contributed by atoms with van der Waals surface area (Å²) in [5.74, 6) is 0. The highest BCUT2D eigenvalue weighted by atomic mass is 16.5. The second kappa shape index (κ2) is 5.81. The molecule has 2 aromatic heterocycles. The maximum absolute atomic E-state index is 5.97. The van der Waals surface area contributed by atoms with Crippen LogP contribution in [0, 0.1) is 0 Å². The number of hydrogen-bond acceptors (Lipinski definition) is 3. The van der Waals surface area contributed by atoms with E-state index in [-0.39, 0.29) is 6.10 Å². The summed E-state index contributed by atoms with van der Waals surface area (Å²) in [6.45, 7) is 4.20. The molecule has 0 saturated heterocycles. The van der Waals surface area contributed by atoms with Crippen LogP contribution in [-0.4, -0.2) is 16.6 Å². The predicted molar refractivity (Wildman–Crippen MR) is 84.9 cm³/mol. The van der Waals surface area contributed by atoms with Crippen molar-refractivity contribution in [3.05, 3.63) is 72.7 Å². The Balaban J connectivity index is 2.06. The molecule has 0 bridgehead atoms. The fourth-order valence-corrected chi connectivity index (χ4v) is 2.41. The third kappa shape index (κ3) is 2.66. The average Bonchev–Trinajstić information content (AvgIpc) is 2.93. The number of nitrogens with two attached hydrogens (primary N) is 1. The van der Waals surface area contributed by atoms with E-state index in [0.29, 0.717) is 6.61 Å². The summed E-state index contributed by atoms with van der Waals surface area (Å²) < 4.78 is 5.97. The Morgan fingerprint density at radius 3 is 2.86 bits per heavy atom. The van der Waals surface area contributed by atoms with Crippen LogP contribution in [-0.2, 0) is 4.74 Å². The molecule has 1 unspecified atom stereocenters. The van der Waals surface area contributed by atoms with E-state index in [0.717, 1.165) is 27.7 Å². The third-order valence-electron chi connectivity index (χ3n) is 3.42. The highest BCUT2D eigenvalue weighted by Gasteiger charge is 2.18. The van der Waals surface area contributed by atoms with Crippen molar-refractivity contribution >= 4 is 16.6 Å². The van der Waals surface area contributed by atoms with Crippen LogP contribution < -0.4 is 5.73 Å². The largest absolute Gasteiger partial charge is 0.399 e. The molecule has 1 atom stereocenters. The van der Waals surface area contributed by atoms with Crippen molar-refractivity contribution in [1.82, 2.24) is 9.97 Å². The topological polar surface area (TPSA) is 63.9 Å². The van der Waals surface area contributed by atoms with Gasteiger partial charge in [0.2, 0.25) is 0 Å². The first-order valence-electron chi connectivity index (χ1n) is 6.78. The third-order valence-corrected chi connectivity index (χ3v) is 3.42.